The molecule has 9 heteroatoms. The van der Waals surface area contributed by atoms with Gasteiger partial charge in [0.1, 0.15) is 6.04 Å². The molecule has 236 valence electrons. The van der Waals surface area contributed by atoms with Crippen molar-refractivity contribution in [2.75, 3.05) is 38.1 Å². The molecule has 1 aromatic heterocycles. The summed E-state index contributed by atoms with van der Waals surface area (Å²) in [5.41, 5.74) is 5.09. The minimum absolute atomic E-state index is 0.0980. The Morgan fingerprint density at radius 3 is 2.60 bits per heavy atom. The lowest BCUT2D eigenvalue weighted by Gasteiger charge is -2.38. The first-order chi connectivity index (χ1) is 21.9. The number of hydrogen-bond acceptors (Lipinski definition) is 3. The predicted molar refractivity (Wildman–Crippen MR) is 179 cm³/mol. The molecule has 1 fully saturated rings. The van der Waals surface area contributed by atoms with Gasteiger partial charge >= 0.3 is 6.03 Å². The summed E-state index contributed by atoms with van der Waals surface area (Å²) in [5, 5.41) is 7.08. The van der Waals surface area contributed by atoms with Gasteiger partial charge in [-0.1, -0.05) is 67.1 Å². The highest BCUT2D eigenvalue weighted by Crippen LogP contribution is 2.35. The van der Waals surface area contributed by atoms with Crippen LogP contribution in [0, 0.1) is 5.92 Å². The zero-order chi connectivity index (χ0) is 31.3. The van der Waals surface area contributed by atoms with Crippen LogP contribution in [0.1, 0.15) is 42.4 Å². The fraction of sp³-hybridized carbons (Fsp3) is 0.389. The number of carbonyl (C=O) groups is 2. The topological polar surface area (TPSA) is 94.3 Å². The Balaban J connectivity index is 1.22. The highest BCUT2D eigenvalue weighted by molar-refractivity contribution is 6.30. The lowest BCUT2D eigenvalue weighted by Crippen LogP contribution is -2.82. The van der Waals surface area contributed by atoms with Gasteiger partial charge in [-0.05, 0) is 60.2 Å². The number of aromatic nitrogens is 1. The number of likely N-dealkylation sites (tertiary alicyclic amines) is 1. The second kappa shape index (κ2) is 14.1. The molecule has 0 spiro atoms. The Morgan fingerprint density at radius 2 is 1.82 bits per heavy atom. The predicted octanol–water partition coefficient (Wildman–Crippen LogP) is 5.08. The molecule has 2 aliphatic rings. The van der Waals surface area contributed by atoms with E-state index >= 15 is 0 Å². The van der Waals surface area contributed by atoms with Crippen LogP contribution in [0.25, 0.3) is 10.9 Å². The Bertz CT molecular complexity index is 1620. The molecule has 0 unspecified atom stereocenters. The lowest BCUT2D eigenvalue weighted by atomic mass is 9.88. The standard InChI is InChI=1S/C36H42ClN5O3/c1-24(31-21-39-32-11-7-6-10-30(31)32)34(35(43)42-22-26(20-38-2)18-27-19-28(37)12-13-33(27)42)40-36(44)41-16-14-29(15-17-41)45-23-25-8-4-3-5-9-25/h3-13,19,21,24,26,29,34,38-39H,14-18,20,22-23H2,1-2H3,(H,40,44)/p+1/t24-,26+,34+/m0/s1. The number of fused-ring (bicyclic) bond motifs is 2. The number of aromatic amines is 1. The smallest absolute Gasteiger partial charge is 0.318 e. The summed E-state index contributed by atoms with van der Waals surface area (Å²) in [7, 11) is 2.05. The van der Waals surface area contributed by atoms with Crippen molar-refractivity contribution in [3.05, 3.63) is 101 Å². The lowest BCUT2D eigenvalue weighted by molar-refractivity contribution is -0.632. The maximum Gasteiger partial charge on any atom is 0.318 e. The molecule has 4 aromatic rings. The number of carbonyl (C=O) groups excluding carboxylic acids is 2. The third-order valence-corrected chi connectivity index (χ3v) is 9.57. The SMILES string of the molecule is C[NH2+]C[C@H]1Cc2cc(Cl)ccc2N(C(=O)[C@H](NC(=O)N2CCC(OCc3ccccc3)CC2)[C@@H](C)c2c[nH]c3ccccc23)C1. The summed E-state index contributed by atoms with van der Waals surface area (Å²) in [6, 6.07) is 23.0. The van der Waals surface area contributed by atoms with E-state index < -0.39 is 6.04 Å². The number of hydrogen-bond donors (Lipinski definition) is 3. The average molecular weight is 629 g/mol. The molecule has 0 saturated carbocycles. The van der Waals surface area contributed by atoms with Gasteiger partial charge in [0.25, 0.3) is 0 Å². The number of nitrogens with zero attached hydrogens (tertiary/aromatic N) is 2. The number of urea groups is 1. The van der Waals surface area contributed by atoms with E-state index in [1.54, 1.807) is 0 Å². The van der Waals surface area contributed by atoms with Gasteiger partial charge in [-0.25, -0.2) is 4.79 Å². The molecule has 3 aromatic carbocycles. The molecular formula is C36H43ClN5O3+. The number of rotatable bonds is 9. The van der Waals surface area contributed by atoms with E-state index in [2.05, 4.69) is 40.9 Å². The Kier molecular flexibility index (Phi) is 9.73. The number of nitrogens with two attached hydrogens (primary N) is 1. The number of halogens is 1. The molecule has 45 heavy (non-hydrogen) atoms. The number of piperidine rings is 1. The van der Waals surface area contributed by atoms with Crippen molar-refractivity contribution in [3.8, 4) is 0 Å². The zero-order valence-electron chi connectivity index (χ0n) is 26.0. The third-order valence-electron chi connectivity index (χ3n) is 9.33. The second-order valence-corrected chi connectivity index (χ2v) is 12.9. The van der Waals surface area contributed by atoms with E-state index in [0.29, 0.717) is 31.3 Å². The van der Waals surface area contributed by atoms with E-state index in [-0.39, 0.29) is 29.9 Å². The van der Waals surface area contributed by atoms with Crippen LogP contribution in [0.3, 0.4) is 0 Å². The summed E-state index contributed by atoms with van der Waals surface area (Å²) in [6.45, 7) is 5.24. The number of benzene rings is 3. The quantitative estimate of drug-likeness (QED) is 0.241. The van der Waals surface area contributed by atoms with Crippen LogP contribution in [0.4, 0.5) is 10.5 Å². The summed E-state index contributed by atoms with van der Waals surface area (Å²) in [4.78, 5) is 35.6. The Morgan fingerprint density at radius 1 is 1.07 bits per heavy atom. The van der Waals surface area contributed by atoms with Gasteiger partial charge in [-0.2, -0.15) is 0 Å². The molecule has 6 rings (SSSR count). The van der Waals surface area contributed by atoms with Crippen LogP contribution in [0.5, 0.6) is 0 Å². The van der Waals surface area contributed by atoms with Crippen molar-refractivity contribution < 1.29 is 19.6 Å². The van der Waals surface area contributed by atoms with Crippen molar-refractivity contribution in [2.45, 2.75) is 50.9 Å². The average Bonchev–Trinajstić information content (AvgIpc) is 3.50. The molecule has 3 heterocycles. The number of quaternary nitrogens is 1. The summed E-state index contributed by atoms with van der Waals surface area (Å²) in [6.07, 6.45) is 4.44. The normalized spacial score (nSPS) is 18.4. The van der Waals surface area contributed by atoms with E-state index in [0.717, 1.165) is 59.1 Å². The Labute approximate surface area is 270 Å². The van der Waals surface area contributed by atoms with Crippen molar-refractivity contribution in [3.63, 3.8) is 0 Å². The van der Waals surface area contributed by atoms with E-state index in [9.17, 15) is 9.59 Å². The van der Waals surface area contributed by atoms with E-state index in [1.807, 2.05) is 77.5 Å². The van der Waals surface area contributed by atoms with Crippen LogP contribution in [-0.2, 0) is 22.6 Å². The van der Waals surface area contributed by atoms with Crippen molar-refractivity contribution in [2.24, 2.45) is 5.92 Å². The molecule has 2 aliphatic heterocycles. The molecule has 1 saturated heterocycles. The van der Waals surface area contributed by atoms with Crippen LogP contribution in [0.15, 0.2) is 79.0 Å². The highest BCUT2D eigenvalue weighted by Gasteiger charge is 2.38. The van der Waals surface area contributed by atoms with Gasteiger partial charge in [0, 0.05) is 59.3 Å². The number of ether oxygens (including phenoxy) is 1. The molecule has 4 N–H and O–H groups in total. The minimum Gasteiger partial charge on any atom is -0.373 e. The molecule has 0 radical (unpaired) electrons. The molecular weight excluding hydrogens is 586 g/mol. The van der Waals surface area contributed by atoms with Gasteiger partial charge in [0.05, 0.1) is 26.3 Å². The van der Waals surface area contributed by atoms with Crippen LogP contribution in [-0.4, -0.2) is 67.2 Å². The molecule has 3 amide bonds. The van der Waals surface area contributed by atoms with Crippen LogP contribution < -0.4 is 15.5 Å². The van der Waals surface area contributed by atoms with E-state index in [1.165, 1.54) is 0 Å². The zero-order valence-corrected chi connectivity index (χ0v) is 26.8. The van der Waals surface area contributed by atoms with Gasteiger partial charge in [-0.3, -0.25) is 4.79 Å². The van der Waals surface area contributed by atoms with Crippen LogP contribution in [0.2, 0.25) is 5.02 Å². The van der Waals surface area contributed by atoms with Gasteiger partial charge < -0.3 is 30.2 Å². The molecule has 0 bridgehead atoms. The summed E-state index contributed by atoms with van der Waals surface area (Å²) < 4.78 is 6.16. The Hall–Kier alpha value is -3.85. The maximum absolute atomic E-state index is 14.7. The highest BCUT2D eigenvalue weighted by atomic mass is 35.5. The fourth-order valence-electron chi connectivity index (χ4n) is 6.87. The minimum atomic E-state index is -0.767. The number of amides is 3. The van der Waals surface area contributed by atoms with Gasteiger partial charge in [-0.15, -0.1) is 0 Å². The number of H-pyrrole nitrogens is 1. The van der Waals surface area contributed by atoms with E-state index in [4.69, 9.17) is 16.3 Å². The summed E-state index contributed by atoms with van der Waals surface area (Å²) in [5.74, 6) is -0.107. The largest absolute Gasteiger partial charge is 0.373 e. The van der Waals surface area contributed by atoms with Gasteiger partial charge in [0.15, 0.2) is 0 Å². The third kappa shape index (κ3) is 7.03. The summed E-state index contributed by atoms with van der Waals surface area (Å²) >= 11 is 6.39. The first kappa shape index (κ1) is 31.1. The molecule has 0 aliphatic carbocycles. The van der Waals surface area contributed by atoms with Crippen LogP contribution >= 0.6 is 11.6 Å². The monoisotopic (exact) mass is 628 g/mol. The van der Waals surface area contributed by atoms with Crippen molar-refractivity contribution >= 4 is 40.1 Å². The molecule has 3 atom stereocenters. The second-order valence-electron chi connectivity index (χ2n) is 12.4. The first-order valence-corrected chi connectivity index (χ1v) is 16.4. The molecule has 8 nitrogen and oxygen atoms in total. The van der Waals surface area contributed by atoms with Gasteiger partial charge in [0.2, 0.25) is 5.91 Å². The fourth-order valence-corrected chi connectivity index (χ4v) is 7.06. The number of anilines is 1. The van der Waals surface area contributed by atoms with Crippen molar-refractivity contribution in [1.82, 2.24) is 15.2 Å². The van der Waals surface area contributed by atoms with Crippen molar-refractivity contribution in [1.29, 1.82) is 0 Å². The first-order valence-electron chi connectivity index (χ1n) is 16.1. The number of para-hydroxylation sites is 1. The maximum atomic E-state index is 14.7. The number of nitrogens with one attached hydrogen (secondary N) is 2.